The number of fused-ring (bicyclic) bond motifs is 1. The van der Waals surface area contributed by atoms with Crippen molar-refractivity contribution >= 4 is 22.5 Å². The Morgan fingerprint density at radius 3 is 2.21 bits per heavy atom. The average molecular weight is 398 g/mol. The van der Waals surface area contributed by atoms with Gasteiger partial charge in [-0.1, -0.05) is 53.7 Å². The summed E-state index contributed by atoms with van der Waals surface area (Å²) in [7, 11) is 0. The fourth-order valence-electron chi connectivity index (χ4n) is 3.44. The summed E-state index contributed by atoms with van der Waals surface area (Å²) >= 11 is 0. The van der Waals surface area contributed by atoms with Crippen LogP contribution in [-0.4, -0.2) is 16.0 Å². The van der Waals surface area contributed by atoms with Crippen LogP contribution in [0.1, 0.15) is 63.0 Å². The summed E-state index contributed by atoms with van der Waals surface area (Å²) in [6, 6.07) is 10.6. The van der Waals surface area contributed by atoms with Gasteiger partial charge in [-0.05, 0) is 40.2 Å². The third kappa shape index (κ3) is 4.04. The van der Waals surface area contributed by atoms with Gasteiger partial charge in [0, 0.05) is 28.9 Å². The number of benzene rings is 2. The zero-order chi connectivity index (χ0) is 21.6. The van der Waals surface area contributed by atoms with Crippen LogP contribution >= 0.6 is 0 Å². The number of phenolic OH excluding ortho intramolecular Hbond substituents is 1. The van der Waals surface area contributed by atoms with E-state index in [9.17, 15) is 14.7 Å². The molecule has 152 valence electrons. The Morgan fingerprint density at radius 2 is 1.59 bits per heavy atom. The average Bonchev–Trinajstić information content (AvgIpc) is 2.60. The minimum atomic E-state index is -0.509. The minimum Gasteiger partial charge on any atom is -0.508 e. The molecular formula is C24H28N2O3. The van der Waals surface area contributed by atoms with Gasteiger partial charge in [-0.2, -0.15) is 0 Å². The molecule has 0 fully saturated rings. The highest BCUT2D eigenvalue weighted by atomic mass is 16.3. The molecule has 0 saturated heterocycles. The molecule has 0 aliphatic carbocycles. The summed E-state index contributed by atoms with van der Waals surface area (Å²) < 4.78 is 0. The van der Waals surface area contributed by atoms with Gasteiger partial charge in [0.05, 0.1) is 0 Å². The molecule has 1 aromatic heterocycles. The second kappa shape index (κ2) is 7.07. The number of hydrogen-bond donors (Lipinski definition) is 3. The van der Waals surface area contributed by atoms with E-state index in [2.05, 4.69) is 10.3 Å². The molecule has 0 bridgehead atoms. The number of aromatic nitrogens is 1. The molecule has 0 saturated carbocycles. The summed E-state index contributed by atoms with van der Waals surface area (Å²) in [4.78, 5) is 28.7. The molecule has 29 heavy (non-hydrogen) atoms. The number of nitrogens with one attached hydrogen (secondary N) is 2. The number of pyridine rings is 1. The van der Waals surface area contributed by atoms with Gasteiger partial charge in [0.2, 0.25) is 5.43 Å². The van der Waals surface area contributed by atoms with Crippen LogP contribution in [0, 0.1) is 0 Å². The number of amides is 1. The number of para-hydroxylation sites is 1. The number of aromatic hydroxyl groups is 1. The molecule has 1 heterocycles. The van der Waals surface area contributed by atoms with Crippen molar-refractivity contribution in [2.24, 2.45) is 0 Å². The maximum absolute atomic E-state index is 12.9. The predicted octanol–water partition coefficient (Wildman–Crippen LogP) is 5.08. The molecule has 5 heteroatoms. The lowest BCUT2D eigenvalue weighted by Crippen LogP contribution is -2.25. The Morgan fingerprint density at radius 1 is 0.966 bits per heavy atom. The first-order chi connectivity index (χ1) is 13.4. The molecule has 0 unspecified atom stereocenters. The fraction of sp³-hybridized carbons (Fsp3) is 0.333. The highest BCUT2D eigenvalue weighted by Gasteiger charge is 2.26. The van der Waals surface area contributed by atoms with E-state index < -0.39 is 5.91 Å². The Hall–Kier alpha value is -3.08. The largest absolute Gasteiger partial charge is 0.508 e. The lowest BCUT2D eigenvalue weighted by molar-refractivity contribution is 0.102. The second-order valence-corrected chi connectivity index (χ2v) is 9.45. The molecule has 0 aliphatic rings. The van der Waals surface area contributed by atoms with Gasteiger partial charge in [0.15, 0.2) is 0 Å². The van der Waals surface area contributed by atoms with E-state index in [1.54, 1.807) is 24.3 Å². The standard InChI is InChI=1S/C24H28N2O3/c1-23(2,3)16-11-17(24(4,5)6)20(27)12-19(16)26-22(29)15-13-25-18-10-8-7-9-14(18)21(15)28/h7-13,27H,1-6H3,(H,25,28)(H,26,29)/i11+1,12+1,16+1,17+1,19+1,20+1. The number of rotatable bonds is 2. The summed E-state index contributed by atoms with van der Waals surface area (Å²) in [5.41, 5.74) is 2.06. The van der Waals surface area contributed by atoms with Crippen LogP contribution in [0.25, 0.3) is 10.9 Å². The number of H-pyrrole nitrogens is 1. The van der Waals surface area contributed by atoms with Crippen LogP contribution in [0.3, 0.4) is 0 Å². The van der Waals surface area contributed by atoms with Crippen LogP contribution in [0.15, 0.2) is 47.4 Å². The molecular weight excluding hydrogens is 370 g/mol. The van der Waals surface area contributed by atoms with Crippen LogP contribution in [0.2, 0.25) is 0 Å². The van der Waals surface area contributed by atoms with E-state index in [1.165, 1.54) is 6.20 Å². The molecule has 3 N–H and O–H groups in total. The van der Waals surface area contributed by atoms with Crippen molar-refractivity contribution in [3.8, 4) is 5.75 Å². The van der Waals surface area contributed by atoms with Crippen molar-refractivity contribution < 1.29 is 9.90 Å². The van der Waals surface area contributed by atoms with Gasteiger partial charge in [-0.25, -0.2) is 0 Å². The highest BCUT2D eigenvalue weighted by molar-refractivity contribution is 6.06. The summed E-state index contributed by atoms with van der Waals surface area (Å²) in [5.74, 6) is -0.390. The number of hydrogen-bond acceptors (Lipinski definition) is 3. The number of aromatic amines is 1. The van der Waals surface area contributed by atoms with Crippen LogP contribution in [0.4, 0.5) is 5.69 Å². The fourth-order valence-corrected chi connectivity index (χ4v) is 3.44. The quantitative estimate of drug-likeness (QED) is 0.563. The topological polar surface area (TPSA) is 82.2 Å². The zero-order valence-electron chi connectivity index (χ0n) is 17.8. The van der Waals surface area contributed by atoms with Gasteiger partial charge in [-0.15, -0.1) is 0 Å². The van der Waals surface area contributed by atoms with Crippen molar-refractivity contribution in [1.82, 2.24) is 4.98 Å². The monoisotopic (exact) mass is 398 g/mol. The minimum absolute atomic E-state index is 0.0305. The Labute approximate surface area is 170 Å². The van der Waals surface area contributed by atoms with Crippen molar-refractivity contribution in [1.29, 1.82) is 0 Å². The molecule has 0 radical (unpaired) electrons. The van der Waals surface area contributed by atoms with Gasteiger partial charge < -0.3 is 15.4 Å². The summed E-state index contributed by atoms with van der Waals surface area (Å²) in [6.07, 6.45) is 1.43. The van der Waals surface area contributed by atoms with Crippen LogP contribution in [-0.2, 0) is 10.8 Å². The van der Waals surface area contributed by atoms with E-state index >= 15 is 0 Å². The highest BCUT2D eigenvalue weighted by Crippen LogP contribution is 2.39. The van der Waals surface area contributed by atoms with E-state index in [1.807, 2.05) is 53.7 Å². The van der Waals surface area contributed by atoms with E-state index in [0.29, 0.717) is 16.6 Å². The van der Waals surface area contributed by atoms with E-state index in [-0.39, 0.29) is 27.6 Å². The maximum atomic E-state index is 12.9. The molecule has 5 nitrogen and oxygen atoms in total. The van der Waals surface area contributed by atoms with E-state index in [0.717, 1.165) is 11.1 Å². The first-order valence-corrected chi connectivity index (χ1v) is 9.69. The van der Waals surface area contributed by atoms with Gasteiger partial charge in [0.1, 0.15) is 11.3 Å². The lowest BCUT2D eigenvalue weighted by Gasteiger charge is -2.28. The third-order valence-corrected chi connectivity index (χ3v) is 5.03. The lowest BCUT2D eigenvalue weighted by atomic mass is 10.0. The van der Waals surface area contributed by atoms with Gasteiger partial charge >= 0.3 is 0 Å². The second-order valence-electron chi connectivity index (χ2n) is 9.45. The SMILES string of the molecule is CC(C)(C)[13c]1[13cH][13c](C(C)(C)C)[13c](NC(=O)c2c[nH]c3ccccc3c2=O)[13cH][13c]1O. The van der Waals surface area contributed by atoms with Crippen molar-refractivity contribution in [3.63, 3.8) is 0 Å². The number of carbonyl (C=O) groups is 1. The number of phenols is 1. The smallest absolute Gasteiger partial charge is 0.261 e. The predicted molar refractivity (Wildman–Crippen MR) is 118 cm³/mol. The first-order valence-electron chi connectivity index (χ1n) is 9.69. The first kappa shape index (κ1) is 20.6. The van der Waals surface area contributed by atoms with Crippen molar-refractivity contribution in [3.05, 3.63) is 69.5 Å². The summed E-state index contributed by atoms with van der Waals surface area (Å²) in [6.45, 7) is 12.2. The van der Waals surface area contributed by atoms with Crippen LogP contribution in [0.5, 0.6) is 5.75 Å². The molecule has 3 aromatic rings. The summed E-state index contributed by atoms with van der Waals surface area (Å²) in [5, 5.41) is 13.9. The molecule has 3 rings (SSSR count). The molecule has 0 spiro atoms. The Bertz CT molecular complexity index is 1150. The molecule has 2 aromatic carbocycles. The zero-order valence-corrected chi connectivity index (χ0v) is 17.8. The molecule has 1 amide bonds. The van der Waals surface area contributed by atoms with Crippen molar-refractivity contribution in [2.45, 2.75) is 52.4 Å². The maximum Gasteiger partial charge on any atom is 0.261 e. The Kier molecular flexibility index (Phi) is 5.03. The van der Waals surface area contributed by atoms with Crippen LogP contribution < -0.4 is 10.7 Å². The van der Waals surface area contributed by atoms with Gasteiger partial charge in [-0.3, -0.25) is 9.59 Å². The number of carbonyl (C=O) groups excluding carboxylic acids is 1. The third-order valence-electron chi connectivity index (χ3n) is 5.03. The van der Waals surface area contributed by atoms with Crippen molar-refractivity contribution in [2.75, 3.05) is 5.32 Å². The van der Waals surface area contributed by atoms with Gasteiger partial charge in [0.25, 0.3) is 5.91 Å². The molecule has 0 aliphatic heterocycles. The molecule has 0 atom stereocenters. The van der Waals surface area contributed by atoms with E-state index in [4.69, 9.17) is 0 Å². The Balaban J connectivity index is 2.08. The normalized spacial score (nSPS) is 12.2. The number of anilines is 1.